The second-order valence-corrected chi connectivity index (χ2v) is 4.92. The lowest BCUT2D eigenvalue weighted by molar-refractivity contribution is -0.137. The predicted molar refractivity (Wildman–Crippen MR) is 76.3 cm³/mol. The lowest BCUT2D eigenvalue weighted by atomic mass is 10.2. The number of ether oxygens (including phenoxy) is 1. The fourth-order valence-electron chi connectivity index (χ4n) is 1.45. The molecule has 1 rings (SSSR count). The zero-order valence-electron chi connectivity index (χ0n) is 12.1. The van der Waals surface area contributed by atoms with E-state index in [1.54, 1.807) is 0 Å². The first-order valence-corrected chi connectivity index (χ1v) is 6.63. The van der Waals surface area contributed by atoms with Gasteiger partial charge in [-0.05, 0) is 24.1 Å². The van der Waals surface area contributed by atoms with E-state index in [1.807, 2.05) is 13.8 Å². The maximum atomic E-state index is 12.5. The fraction of sp³-hybridized carbons (Fsp3) is 0.500. The Labute approximate surface area is 122 Å². The van der Waals surface area contributed by atoms with E-state index in [9.17, 15) is 13.2 Å². The van der Waals surface area contributed by atoms with E-state index in [0.717, 1.165) is 12.1 Å². The number of benzene rings is 1. The predicted octanol–water partition coefficient (Wildman–Crippen LogP) is 2.64. The molecule has 1 aromatic rings. The third-order valence-electron chi connectivity index (χ3n) is 2.47. The summed E-state index contributed by atoms with van der Waals surface area (Å²) in [6.45, 7) is 5.22. The summed E-state index contributed by atoms with van der Waals surface area (Å²) in [4.78, 5) is 4.09. The van der Waals surface area contributed by atoms with Gasteiger partial charge in [0.1, 0.15) is 12.4 Å². The number of aliphatic imine (C=N–C) groups is 1. The molecule has 0 unspecified atom stereocenters. The van der Waals surface area contributed by atoms with Crippen LogP contribution in [0.25, 0.3) is 0 Å². The molecule has 0 atom stereocenters. The van der Waals surface area contributed by atoms with Crippen LogP contribution >= 0.6 is 0 Å². The maximum Gasteiger partial charge on any atom is 0.416 e. The van der Waals surface area contributed by atoms with Crippen molar-refractivity contribution >= 4 is 5.96 Å². The molecule has 0 aliphatic rings. The standard InChI is InChI=1S/C14H20F3N3O/c1-10(2)9-20-13(18)19-6-7-21-12-5-3-4-11(8-12)14(15,16)17/h3-5,8,10H,6-7,9H2,1-2H3,(H3,18,19,20). The molecule has 0 spiro atoms. The van der Waals surface area contributed by atoms with E-state index in [0.29, 0.717) is 25.0 Å². The Balaban J connectivity index is 2.38. The highest BCUT2D eigenvalue weighted by Crippen LogP contribution is 2.31. The second-order valence-electron chi connectivity index (χ2n) is 4.92. The first-order valence-electron chi connectivity index (χ1n) is 6.63. The molecule has 3 N–H and O–H groups in total. The van der Waals surface area contributed by atoms with Gasteiger partial charge in [0.2, 0.25) is 0 Å². The lowest BCUT2D eigenvalue weighted by Gasteiger charge is -2.11. The third-order valence-corrected chi connectivity index (χ3v) is 2.47. The van der Waals surface area contributed by atoms with Crippen molar-refractivity contribution in [2.45, 2.75) is 20.0 Å². The van der Waals surface area contributed by atoms with Gasteiger partial charge >= 0.3 is 6.18 Å². The number of nitrogens with two attached hydrogens (primary N) is 1. The Morgan fingerprint density at radius 2 is 2.10 bits per heavy atom. The molecule has 7 heteroatoms. The fourth-order valence-corrected chi connectivity index (χ4v) is 1.45. The average molecular weight is 303 g/mol. The van der Waals surface area contributed by atoms with Gasteiger partial charge in [-0.3, -0.25) is 4.99 Å². The van der Waals surface area contributed by atoms with Crippen molar-refractivity contribution in [3.05, 3.63) is 29.8 Å². The smallest absolute Gasteiger partial charge is 0.416 e. The molecule has 0 radical (unpaired) electrons. The number of halogens is 3. The third kappa shape index (κ3) is 6.87. The summed E-state index contributed by atoms with van der Waals surface area (Å²) in [6.07, 6.45) is -4.37. The first kappa shape index (κ1) is 17.1. The minimum Gasteiger partial charge on any atom is -0.492 e. The van der Waals surface area contributed by atoms with Gasteiger partial charge in [-0.2, -0.15) is 13.2 Å². The highest BCUT2D eigenvalue weighted by atomic mass is 19.4. The Morgan fingerprint density at radius 1 is 1.38 bits per heavy atom. The van der Waals surface area contributed by atoms with Crippen LogP contribution in [-0.4, -0.2) is 25.7 Å². The summed E-state index contributed by atoms with van der Waals surface area (Å²) in [7, 11) is 0. The summed E-state index contributed by atoms with van der Waals surface area (Å²) in [5, 5.41) is 2.83. The molecule has 0 aromatic heterocycles. The Morgan fingerprint density at radius 3 is 2.71 bits per heavy atom. The van der Waals surface area contributed by atoms with Gasteiger partial charge in [-0.25, -0.2) is 0 Å². The molecule has 0 bridgehead atoms. The van der Waals surface area contributed by atoms with Gasteiger partial charge in [0.25, 0.3) is 0 Å². The van der Waals surface area contributed by atoms with Gasteiger partial charge in [0, 0.05) is 6.54 Å². The van der Waals surface area contributed by atoms with Crippen LogP contribution < -0.4 is 15.8 Å². The van der Waals surface area contributed by atoms with Crippen molar-refractivity contribution in [3.63, 3.8) is 0 Å². The molecule has 4 nitrogen and oxygen atoms in total. The van der Waals surface area contributed by atoms with E-state index in [2.05, 4.69) is 10.3 Å². The number of nitrogens with zero attached hydrogens (tertiary/aromatic N) is 1. The van der Waals surface area contributed by atoms with Crippen molar-refractivity contribution in [1.29, 1.82) is 0 Å². The van der Waals surface area contributed by atoms with Crippen LogP contribution in [0.4, 0.5) is 13.2 Å². The van der Waals surface area contributed by atoms with E-state index < -0.39 is 11.7 Å². The topological polar surface area (TPSA) is 59.6 Å². The van der Waals surface area contributed by atoms with Crippen LogP contribution in [0.2, 0.25) is 0 Å². The summed E-state index contributed by atoms with van der Waals surface area (Å²) in [5.41, 5.74) is 4.89. The van der Waals surface area contributed by atoms with Gasteiger partial charge in [0.05, 0.1) is 12.1 Å². The molecule has 118 valence electrons. The maximum absolute atomic E-state index is 12.5. The number of guanidine groups is 1. The molecule has 0 aliphatic heterocycles. The van der Waals surface area contributed by atoms with Crippen molar-refractivity contribution in [3.8, 4) is 5.75 Å². The van der Waals surface area contributed by atoms with Crippen LogP contribution in [0, 0.1) is 5.92 Å². The van der Waals surface area contributed by atoms with Crippen LogP contribution in [0.3, 0.4) is 0 Å². The number of hydrogen-bond donors (Lipinski definition) is 2. The number of nitrogens with one attached hydrogen (secondary N) is 1. The van der Waals surface area contributed by atoms with Crippen LogP contribution in [0.1, 0.15) is 19.4 Å². The first-order chi connectivity index (χ1) is 9.79. The van der Waals surface area contributed by atoms with Crippen molar-refractivity contribution in [1.82, 2.24) is 5.32 Å². The van der Waals surface area contributed by atoms with E-state index in [-0.39, 0.29) is 12.4 Å². The molecule has 21 heavy (non-hydrogen) atoms. The van der Waals surface area contributed by atoms with Crippen LogP contribution in [-0.2, 0) is 6.18 Å². The zero-order valence-corrected chi connectivity index (χ0v) is 12.1. The highest BCUT2D eigenvalue weighted by molar-refractivity contribution is 5.77. The van der Waals surface area contributed by atoms with Crippen molar-refractivity contribution in [2.75, 3.05) is 19.7 Å². The summed E-state index contributed by atoms with van der Waals surface area (Å²) in [6, 6.07) is 4.76. The molecule has 0 fully saturated rings. The molecule has 0 aliphatic carbocycles. The van der Waals surface area contributed by atoms with Crippen molar-refractivity contribution < 1.29 is 17.9 Å². The zero-order chi connectivity index (χ0) is 15.9. The Kier molecular flexibility index (Phi) is 6.33. The van der Waals surface area contributed by atoms with E-state index >= 15 is 0 Å². The Bertz CT molecular complexity index is 473. The quantitative estimate of drug-likeness (QED) is 0.482. The molecular weight excluding hydrogens is 283 g/mol. The van der Waals surface area contributed by atoms with E-state index in [4.69, 9.17) is 10.5 Å². The van der Waals surface area contributed by atoms with Gasteiger partial charge < -0.3 is 15.8 Å². The normalized spacial score (nSPS) is 12.6. The highest BCUT2D eigenvalue weighted by Gasteiger charge is 2.30. The molecule has 0 saturated carbocycles. The summed E-state index contributed by atoms with van der Waals surface area (Å²) < 4.78 is 42.8. The summed E-state index contributed by atoms with van der Waals surface area (Å²) >= 11 is 0. The number of rotatable bonds is 6. The second kappa shape index (κ2) is 7.75. The SMILES string of the molecule is CC(C)CN=C(N)NCCOc1cccc(C(F)(F)F)c1. The summed E-state index contributed by atoms with van der Waals surface area (Å²) in [5.74, 6) is 0.882. The number of alkyl halides is 3. The van der Waals surface area contributed by atoms with Gasteiger partial charge in [-0.15, -0.1) is 0 Å². The molecule has 0 amide bonds. The van der Waals surface area contributed by atoms with Crippen LogP contribution in [0.5, 0.6) is 5.75 Å². The molecule has 0 saturated heterocycles. The Hall–Kier alpha value is -1.92. The molecule has 0 heterocycles. The average Bonchev–Trinajstić information content (AvgIpc) is 2.41. The molecule has 1 aromatic carbocycles. The minimum atomic E-state index is -4.37. The van der Waals surface area contributed by atoms with Gasteiger partial charge in [-0.1, -0.05) is 19.9 Å². The number of hydrogen-bond acceptors (Lipinski definition) is 2. The van der Waals surface area contributed by atoms with E-state index in [1.165, 1.54) is 12.1 Å². The molecular formula is C14H20F3N3O. The van der Waals surface area contributed by atoms with Gasteiger partial charge in [0.15, 0.2) is 5.96 Å². The van der Waals surface area contributed by atoms with Crippen LogP contribution in [0.15, 0.2) is 29.3 Å². The minimum absolute atomic E-state index is 0.171. The van der Waals surface area contributed by atoms with Crippen molar-refractivity contribution in [2.24, 2.45) is 16.6 Å². The largest absolute Gasteiger partial charge is 0.492 e. The monoisotopic (exact) mass is 303 g/mol. The lowest BCUT2D eigenvalue weighted by Crippen LogP contribution is -2.35.